The molecule has 86 valence electrons. The number of aromatic amines is 1. The number of aromatic nitrogens is 2. The van der Waals surface area contributed by atoms with Crippen molar-refractivity contribution < 1.29 is 9.90 Å². The molecule has 0 fully saturated rings. The Balaban J connectivity index is 2.50. The zero-order valence-electron chi connectivity index (χ0n) is 9.14. The summed E-state index contributed by atoms with van der Waals surface area (Å²) >= 11 is 0. The third-order valence-corrected chi connectivity index (χ3v) is 2.85. The Morgan fingerprint density at radius 3 is 2.94 bits per heavy atom. The summed E-state index contributed by atoms with van der Waals surface area (Å²) in [4.78, 5) is 17.9. The molecule has 0 saturated heterocycles. The van der Waals surface area contributed by atoms with Gasteiger partial charge in [0.1, 0.15) is 5.69 Å². The lowest BCUT2D eigenvalue weighted by Gasteiger charge is -1.95. The molecule has 5 nitrogen and oxygen atoms in total. The van der Waals surface area contributed by atoms with Crippen LogP contribution in [0.1, 0.15) is 16.1 Å². The highest BCUT2D eigenvalue weighted by atomic mass is 16.4. The molecule has 0 radical (unpaired) electrons. The first kappa shape index (κ1) is 10.3. The average molecular weight is 237 g/mol. The van der Waals surface area contributed by atoms with Gasteiger partial charge in [0, 0.05) is 16.3 Å². The third kappa shape index (κ3) is 1.33. The summed E-state index contributed by atoms with van der Waals surface area (Å²) in [5.41, 5.74) is 2.00. The van der Waals surface area contributed by atoms with E-state index in [-0.39, 0.29) is 5.69 Å². The molecule has 0 bridgehead atoms. The number of fused-ring (bicyclic) bond motifs is 3. The summed E-state index contributed by atoms with van der Waals surface area (Å²) in [6.07, 6.45) is 1.47. The molecule has 0 unspecified atom stereocenters. The van der Waals surface area contributed by atoms with Crippen LogP contribution in [-0.4, -0.2) is 21.0 Å². The van der Waals surface area contributed by atoms with Gasteiger partial charge >= 0.3 is 5.97 Å². The number of H-pyrrole nitrogens is 1. The third-order valence-electron chi connectivity index (χ3n) is 2.85. The van der Waals surface area contributed by atoms with Crippen molar-refractivity contribution in [2.45, 2.75) is 0 Å². The van der Waals surface area contributed by atoms with Crippen LogP contribution in [-0.2, 0) is 0 Å². The Labute approximate surface area is 101 Å². The van der Waals surface area contributed by atoms with Crippen molar-refractivity contribution in [2.75, 3.05) is 0 Å². The molecule has 0 aliphatic rings. The number of hydrogen-bond donors (Lipinski definition) is 2. The van der Waals surface area contributed by atoms with Crippen molar-refractivity contribution in [2.24, 2.45) is 0 Å². The second-order valence-electron chi connectivity index (χ2n) is 3.89. The van der Waals surface area contributed by atoms with Gasteiger partial charge < -0.3 is 10.1 Å². The van der Waals surface area contributed by atoms with Gasteiger partial charge in [-0.15, -0.1) is 0 Å². The number of carboxylic acid groups (broad SMARTS) is 1. The first-order chi connectivity index (χ1) is 8.70. The smallest absolute Gasteiger partial charge is 0.354 e. The van der Waals surface area contributed by atoms with E-state index in [1.807, 2.05) is 6.07 Å². The van der Waals surface area contributed by atoms with E-state index in [0.717, 1.165) is 16.4 Å². The predicted octanol–water partition coefficient (Wildman–Crippen LogP) is 2.29. The Morgan fingerprint density at radius 2 is 2.22 bits per heavy atom. The van der Waals surface area contributed by atoms with Gasteiger partial charge in [-0.2, -0.15) is 5.26 Å². The highest BCUT2D eigenvalue weighted by Crippen LogP contribution is 2.28. The lowest BCUT2D eigenvalue weighted by Crippen LogP contribution is -1.98. The Morgan fingerprint density at radius 1 is 1.39 bits per heavy atom. The van der Waals surface area contributed by atoms with Crippen LogP contribution in [0.15, 0.2) is 30.5 Å². The standard InChI is InChI=1S/C13H7N3O2/c14-5-7-2-1-3-9-12(7)8-4-10(13(17)18)15-6-11(8)16-9/h1-4,6,16H,(H,17,18). The van der Waals surface area contributed by atoms with Crippen molar-refractivity contribution in [3.63, 3.8) is 0 Å². The van der Waals surface area contributed by atoms with Crippen LogP contribution in [0.4, 0.5) is 0 Å². The van der Waals surface area contributed by atoms with Crippen LogP contribution in [0, 0.1) is 11.3 Å². The number of carbonyl (C=O) groups is 1. The molecule has 5 heteroatoms. The fourth-order valence-electron chi connectivity index (χ4n) is 2.06. The molecule has 0 aliphatic carbocycles. The Hall–Kier alpha value is -2.87. The van der Waals surface area contributed by atoms with Crippen LogP contribution in [0.5, 0.6) is 0 Å². The van der Waals surface area contributed by atoms with E-state index in [1.165, 1.54) is 12.3 Å². The first-order valence-electron chi connectivity index (χ1n) is 5.24. The molecule has 0 atom stereocenters. The highest BCUT2D eigenvalue weighted by Gasteiger charge is 2.12. The van der Waals surface area contributed by atoms with Gasteiger partial charge in [-0.3, -0.25) is 0 Å². The molecule has 0 saturated carbocycles. The number of carboxylic acids is 1. The molecular weight excluding hydrogens is 230 g/mol. The fraction of sp³-hybridized carbons (Fsp3) is 0. The number of hydrogen-bond acceptors (Lipinski definition) is 3. The Kier molecular flexibility index (Phi) is 2.04. The predicted molar refractivity (Wildman–Crippen MR) is 65.3 cm³/mol. The number of benzene rings is 1. The highest BCUT2D eigenvalue weighted by molar-refractivity contribution is 6.10. The maximum absolute atomic E-state index is 10.9. The Bertz CT molecular complexity index is 827. The summed E-state index contributed by atoms with van der Waals surface area (Å²) in [5.74, 6) is -1.08. The van der Waals surface area contributed by atoms with Crippen LogP contribution in [0.3, 0.4) is 0 Å². The number of nitrogens with zero attached hydrogens (tertiary/aromatic N) is 2. The minimum absolute atomic E-state index is 0.0313. The van der Waals surface area contributed by atoms with Crippen LogP contribution < -0.4 is 0 Å². The lowest BCUT2D eigenvalue weighted by molar-refractivity contribution is 0.0691. The number of nitriles is 1. The van der Waals surface area contributed by atoms with Gasteiger partial charge in [-0.1, -0.05) is 6.07 Å². The van der Waals surface area contributed by atoms with Crippen molar-refractivity contribution >= 4 is 27.8 Å². The number of rotatable bonds is 1. The largest absolute Gasteiger partial charge is 0.477 e. The van der Waals surface area contributed by atoms with Gasteiger partial charge in [0.2, 0.25) is 0 Å². The minimum Gasteiger partial charge on any atom is -0.477 e. The van der Waals surface area contributed by atoms with Gasteiger partial charge in [0.05, 0.1) is 23.3 Å². The van der Waals surface area contributed by atoms with Crippen molar-refractivity contribution in [1.29, 1.82) is 5.26 Å². The molecule has 18 heavy (non-hydrogen) atoms. The summed E-state index contributed by atoms with van der Waals surface area (Å²) in [6, 6.07) is 8.92. The van der Waals surface area contributed by atoms with Gasteiger partial charge in [0.25, 0.3) is 0 Å². The van der Waals surface area contributed by atoms with Crippen LogP contribution in [0.2, 0.25) is 0 Å². The first-order valence-corrected chi connectivity index (χ1v) is 5.24. The molecule has 2 heterocycles. The summed E-state index contributed by atoms with van der Waals surface area (Å²) < 4.78 is 0. The van der Waals surface area contributed by atoms with Crippen molar-refractivity contribution in [1.82, 2.24) is 9.97 Å². The quantitative estimate of drug-likeness (QED) is 0.679. The summed E-state index contributed by atoms with van der Waals surface area (Å²) in [5, 5.41) is 19.5. The van der Waals surface area contributed by atoms with E-state index in [9.17, 15) is 4.79 Å². The number of nitrogens with one attached hydrogen (secondary N) is 1. The van der Waals surface area contributed by atoms with Gasteiger partial charge in [-0.05, 0) is 18.2 Å². The van der Waals surface area contributed by atoms with E-state index in [1.54, 1.807) is 12.1 Å². The SMILES string of the molecule is N#Cc1cccc2[nH]c3cnc(C(=O)O)cc3c12. The molecule has 2 N–H and O–H groups in total. The van der Waals surface area contributed by atoms with Crippen LogP contribution in [0.25, 0.3) is 21.8 Å². The molecule has 2 aromatic heterocycles. The average Bonchev–Trinajstić information content (AvgIpc) is 2.75. The second-order valence-corrected chi connectivity index (χ2v) is 3.89. The van der Waals surface area contributed by atoms with E-state index < -0.39 is 5.97 Å². The maximum Gasteiger partial charge on any atom is 0.354 e. The number of pyridine rings is 1. The number of aromatic carboxylic acids is 1. The fourth-order valence-corrected chi connectivity index (χ4v) is 2.06. The van der Waals surface area contributed by atoms with E-state index >= 15 is 0 Å². The molecule has 0 spiro atoms. The van der Waals surface area contributed by atoms with E-state index in [0.29, 0.717) is 10.9 Å². The topological polar surface area (TPSA) is 89.8 Å². The molecule has 3 aromatic rings. The zero-order valence-corrected chi connectivity index (χ0v) is 9.14. The monoisotopic (exact) mass is 237 g/mol. The van der Waals surface area contributed by atoms with Gasteiger partial charge in [0.15, 0.2) is 0 Å². The molecule has 0 amide bonds. The van der Waals surface area contributed by atoms with Crippen LogP contribution >= 0.6 is 0 Å². The lowest BCUT2D eigenvalue weighted by atomic mass is 10.1. The van der Waals surface area contributed by atoms with Crippen molar-refractivity contribution in [3.05, 3.63) is 41.7 Å². The van der Waals surface area contributed by atoms with Crippen molar-refractivity contribution in [3.8, 4) is 6.07 Å². The van der Waals surface area contributed by atoms with Gasteiger partial charge in [-0.25, -0.2) is 9.78 Å². The zero-order chi connectivity index (χ0) is 12.7. The minimum atomic E-state index is -1.08. The normalized spacial score (nSPS) is 10.6. The molecule has 3 rings (SSSR count). The summed E-state index contributed by atoms with van der Waals surface area (Å²) in [7, 11) is 0. The molecule has 1 aromatic carbocycles. The molecular formula is C13H7N3O2. The summed E-state index contributed by atoms with van der Waals surface area (Å²) in [6.45, 7) is 0. The van der Waals surface area contributed by atoms with E-state index in [2.05, 4.69) is 16.0 Å². The van der Waals surface area contributed by atoms with E-state index in [4.69, 9.17) is 10.4 Å². The molecule has 0 aliphatic heterocycles. The maximum atomic E-state index is 10.9. The second kappa shape index (κ2) is 3.57.